The molecule has 0 radical (unpaired) electrons. The van der Waals surface area contributed by atoms with E-state index in [1.807, 2.05) is 43.3 Å². The van der Waals surface area contributed by atoms with E-state index in [4.69, 9.17) is 0 Å². The number of hydrogen-bond donors (Lipinski definition) is 2. The molecular formula is C18H17N7O. The highest BCUT2D eigenvalue weighted by Gasteiger charge is 2.40. The number of nitrogens with zero attached hydrogens (tertiary/aromatic N) is 5. The Balaban J connectivity index is 1.74. The zero-order valence-electron chi connectivity index (χ0n) is 14.1. The van der Waals surface area contributed by atoms with Crippen LogP contribution in [0.1, 0.15) is 17.2 Å². The van der Waals surface area contributed by atoms with Crippen molar-refractivity contribution in [3.63, 3.8) is 0 Å². The number of aromatic nitrogens is 5. The lowest BCUT2D eigenvalue weighted by atomic mass is 9.89. The lowest BCUT2D eigenvalue weighted by Gasteiger charge is -2.33. The summed E-state index contributed by atoms with van der Waals surface area (Å²) in [5.74, 6) is -0.342. The quantitative estimate of drug-likeness (QED) is 0.753. The molecular weight excluding hydrogens is 330 g/mol. The van der Waals surface area contributed by atoms with Crippen LogP contribution in [0.2, 0.25) is 0 Å². The van der Waals surface area contributed by atoms with Gasteiger partial charge < -0.3 is 10.6 Å². The molecule has 0 fully saturated rings. The van der Waals surface area contributed by atoms with Crippen LogP contribution in [0, 0.1) is 12.8 Å². The van der Waals surface area contributed by atoms with Gasteiger partial charge in [0.2, 0.25) is 11.9 Å². The number of aryl methyl sites for hydroxylation is 1. The fourth-order valence-corrected chi connectivity index (χ4v) is 3.13. The molecule has 130 valence electrons. The number of anilines is 2. The second-order valence-corrected chi connectivity index (χ2v) is 6.11. The Labute approximate surface area is 150 Å². The second-order valence-electron chi connectivity index (χ2n) is 6.11. The molecule has 1 aromatic carbocycles. The number of rotatable bonds is 3. The summed E-state index contributed by atoms with van der Waals surface area (Å²) in [6.07, 6.45) is 3.39. The van der Waals surface area contributed by atoms with Gasteiger partial charge in [0.1, 0.15) is 12.0 Å². The van der Waals surface area contributed by atoms with E-state index < -0.39 is 12.0 Å². The minimum atomic E-state index is -0.602. The van der Waals surface area contributed by atoms with E-state index in [1.165, 1.54) is 0 Å². The Hall–Kier alpha value is -3.55. The third kappa shape index (κ3) is 2.71. The van der Waals surface area contributed by atoms with Gasteiger partial charge in [-0.2, -0.15) is 0 Å². The number of amides is 1. The van der Waals surface area contributed by atoms with Gasteiger partial charge in [-0.15, -0.1) is 0 Å². The summed E-state index contributed by atoms with van der Waals surface area (Å²) in [5.41, 5.74) is 3.11. The summed E-state index contributed by atoms with van der Waals surface area (Å²) in [7, 11) is 0. The van der Waals surface area contributed by atoms with Gasteiger partial charge in [0, 0.05) is 23.8 Å². The number of pyridine rings is 1. The molecule has 2 aromatic heterocycles. The Morgan fingerprint density at radius 3 is 2.88 bits per heavy atom. The van der Waals surface area contributed by atoms with Crippen molar-refractivity contribution < 1.29 is 4.79 Å². The molecule has 26 heavy (non-hydrogen) atoms. The molecule has 2 atom stereocenters. The van der Waals surface area contributed by atoms with Crippen LogP contribution in [0.4, 0.5) is 11.6 Å². The molecule has 4 rings (SSSR count). The first-order chi connectivity index (χ1) is 12.6. The molecule has 0 bridgehead atoms. The highest BCUT2D eigenvalue weighted by molar-refractivity contribution is 5.96. The molecule has 0 saturated heterocycles. The lowest BCUT2D eigenvalue weighted by Crippen LogP contribution is -2.39. The number of fused-ring (bicyclic) bond motifs is 1. The molecule has 1 aliphatic heterocycles. The van der Waals surface area contributed by atoms with Gasteiger partial charge in [-0.1, -0.05) is 35.9 Å². The first-order valence-electron chi connectivity index (χ1n) is 8.15. The summed E-state index contributed by atoms with van der Waals surface area (Å²) in [6, 6.07) is 10.9. The van der Waals surface area contributed by atoms with E-state index in [2.05, 4.69) is 37.7 Å². The van der Waals surface area contributed by atoms with E-state index >= 15 is 0 Å². The highest BCUT2D eigenvalue weighted by Crippen LogP contribution is 2.37. The summed E-state index contributed by atoms with van der Waals surface area (Å²) in [5, 5.41) is 17.7. The smallest absolute Gasteiger partial charge is 0.247 e. The molecule has 8 heteroatoms. The van der Waals surface area contributed by atoms with Crippen LogP contribution in [-0.4, -0.2) is 31.1 Å². The topological polar surface area (TPSA) is 97.6 Å². The zero-order valence-corrected chi connectivity index (χ0v) is 14.1. The molecule has 2 unspecified atom stereocenters. The van der Waals surface area contributed by atoms with Gasteiger partial charge in [0.25, 0.3) is 0 Å². The number of tetrazole rings is 1. The second kappa shape index (κ2) is 6.40. The predicted octanol–water partition coefficient (Wildman–Crippen LogP) is 2.16. The summed E-state index contributed by atoms with van der Waals surface area (Å²) >= 11 is 0. The van der Waals surface area contributed by atoms with Crippen molar-refractivity contribution in [3.05, 3.63) is 72.2 Å². The van der Waals surface area contributed by atoms with E-state index in [0.29, 0.717) is 11.6 Å². The summed E-state index contributed by atoms with van der Waals surface area (Å²) < 4.78 is 1.59. The lowest BCUT2D eigenvalue weighted by molar-refractivity contribution is -0.119. The number of carbonyl (C=O) groups is 1. The van der Waals surface area contributed by atoms with Crippen LogP contribution < -0.4 is 10.6 Å². The third-order valence-electron chi connectivity index (χ3n) is 4.43. The first kappa shape index (κ1) is 15.9. The van der Waals surface area contributed by atoms with Crippen molar-refractivity contribution in [1.29, 1.82) is 0 Å². The molecule has 1 amide bonds. The monoisotopic (exact) mass is 347 g/mol. The fraction of sp³-hybridized carbons (Fsp3) is 0.167. The van der Waals surface area contributed by atoms with Crippen molar-refractivity contribution in [2.45, 2.75) is 13.0 Å². The number of carbonyl (C=O) groups excluding carboxylic acids is 1. The number of hydrogen-bond acceptors (Lipinski definition) is 6. The van der Waals surface area contributed by atoms with Crippen LogP contribution >= 0.6 is 0 Å². The Morgan fingerprint density at radius 1 is 1.27 bits per heavy atom. The maximum atomic E-state index is 13.1. The van der Waals surface area contributed by atoms with Gasteiger partial charge in [-0.05, 0) is 40.6 Å². The van der Waals surface area contributed by atoms with Gasteiger partial charge in [-0.25, -0.2) is 4.68 Å². The van der Waals surface area contributed by atoms with Crippen LogP contribution in [0.15, 0.2) is 61.1 Å². The number of para-hydroxylation sites is 1. The van der Waals surface area contributed by atoms with Gasteiger partial charge in [0.15, 0.2) is 0 Å². The standard InChI is InChI=1S/C18H17N7O/c1-11-6-3-4-8-14(11)21-17(26)15-12(2)20-18-22-23-24-25(18)16(15)13-7-5-9-19-10-13/h3-10,15-16H,2H2,1H3,(H,21,26)(H,20,22,24). The van der Waals surface area contributed by atoms with Crippen LogP contribution in [-0.2, 0) is 4.79 Å². The molecule has 8 nitrogen and oxygen atoms in total. The maximum absolute atomic E-state index is 13.1. The fourth-order valence-electron chi connectivity index (χ4n) is 3.13. The molecule has 0 aliphatic carbocycles. The van der Waals surface area contributed by atoms with Crippen LogP contribution in [0.25, 0.3) is 0 Å². The molecule has 1 aliphatic rings. The number of benzene rings is 1. The molecule has 0 saturated carbocycles. The van der Waals surface area contributed by atoms with Crippen molar-refractivity contribution in [2.24, 2.45) is 5.92 Å². The SMILES string of the molecule is C=C1Nc2nnnn2C(c2cccnc2)C1C(=O)Nc1ccccc1C. The molecule has 3 aromatic rings. The highest BCUT2D eigenvalue weighted by atomic mass is 16.2. The van der Waals surface area contributed by atoms with E-state index in [1.54, 1.807) is 17.1 Å². The normalized spacial score (nSPS) is 18.7. The Morgan fingerprint density at radius 2 is 2.12 bits per heavy atom. The van der Waals surface area contributed by atoms with Gasteiger partial charge >= 0.3 is 0 Å². The molecule has 2 N–H and O–H groups in total. The van der Waals surface area contributed by atoms with E-state index in [0.717, 1.165) is 16.8 Å². The van der Waals surface area contributed by atoms with Crippen molar-refractivity contribution >= 4 is 17.5 Å². The van der Waals surface area contributed by atoms with E-state index in [9.17, 15) is 4.79 Å². The van der Waals surface area contributed by atoms with Gasteiger partial charge in [0.05, 0.1) is 0 Å². The Bertz CT molecular complexity index is 966. The average Bonchev–Trinajstić information content (AvgIpc) is 3.11. The average molecular weight is 347 g/mol. The van der Waals surface area contributed by atoms with Gasteiger partial charge in [-0.3, -0.25) is 9.78 Å². The van der Waals surface area contributed by atoms with Crippen LogP contribution in [0.3, 0.4) is 0 Å². The van der Waals surface area contributed by atoms with Crippen LogP contribution in [0.5, 0.6) is 0 Å². The summed E-state index contributed by atoms with van der Waals surface area (Å²) in [4.78, 5) is 17.3. The minimum absolute atomic E-state index is 0.188. The first-order valence-corrected chi connectivity index (χ1v) is 8.15. The van der Waals surface area contributed by atoms with Crippen molar-refractivity contribution in [3.8, 4) is 0 Å². The zero-order chi connectivity index (χ0) is 18.1. The third-order valence-corrected chi connectivity index (χ3v) is 4.43. The van der Waals surface area contributed by atoms with Crippen molar-refractivity contribution in [1.82, 2.24) is 25.2 Å². The number of nitrogens with one attached hydrogen (secondary N) is 2. The van der Waals surface area contributed by atoms with E-state index in [-0.39, 0.29) is 5.91 Å². The predicted molar refractivity (Wildman–Crippen MR) is 96.3 cm³/mol. The Kier molecular flexibility index (Phi) is 3.92. The molecule has 0 spiro atoms. The minimum Gasteiger partial charge on any atom is -0.326 e. The largest absolute Gasteiger partial charge is 0.326 e. The van der Waals surface area contributed by atoms with Crippen molar-refractivity contribution in [2.75, 3.05) is 10.6 Å². The summed E-state index contributed by atoms with van der Waals surface area (Å²) in [6.45, 7) is 5.98. The maximum Gasteiger partial charge on any atom is 0.247 e. The molecule has 3 heterocycles.